The van der Waals surface area contributed by atoms with Crippen LogP contribution in [-0.4, -0.2) is 35.5 Å². The van der Waals surface area contributed by atoms with Crippen molar-refractivity contribution in [1.82, 2.24) is 4.57 Å². The number of ether oxygens (including phenoxy) is 1. The smallest absolute Gasteiger partial charge is 0.454 e. The molecule has 216 valence electrons. The highest BCUT2D eigenvalue weighted by atomic mass is 35.5. The van der Waals surface area contributed by atoms with Crippen LogP contribution in [0, 0.1) is 5.82 Å². The molecule has 0 aliphatic rings. The van der Waals surface area contributed by atoms with Gasteiger partial charge < -0.3 is 21.5 Å². The number of carbonyl (C=O) groups is 3. The molecule has 0 aliphatic carbocycles. The number of nitrogens with one attached hydrogen (secondary N) is 1. The number of halogens is 5. The summed E-state index contributed by atoms with van der Waals surface area (Å²) in [6, 6.07) is 7.17. The molecule has 0 radical (unpaired) electrons. The maximum Gasteiger partial charge on any atom is 0.454 e. The lowest BCUT2D eigenvalue weighted by molar-refractivity contribution is -0.165. The van der Waals surface area contributed by atoms with E-state index in [1.54, 1.807) is 6.92 Å². The van der Waals surface area contributed by atoms with Crippen molar-refractivity contribution in [3.05, 3.63) is 87.1 Å². The van der Waals surface area contributed by atoms with Gasteiger partial charge in [0.05, 0.1) is 18.9 Å². The molecule has 1 heterocycles. The molecule has 3 rings (SSSR count). The highest BCUT2D eigenvalue weighted by Gasteiger charge is 2.37. The van der Waals surface area contributed by atoms with Gasteiger partial charge >= 0.3 is 6.18 Å². The van der Waals surface area contributed by atoms with E-state index in [0.717, 1.165) is 22.8 Å². The van der Waals surface area contributed by atoms with E-state index in [1.165, 1.54) is 37.6 Å². The van der Waals surface area contributed by atoms with Gasteiger partial charge in [0.2, 0.25) is 5.91 Å². The van der Waals surface area contributed by atoms with E-state index in [-0.39, 0.29) is 51.2 Å². The van der Waals surface area contributed by atoms with Crippen LogP contribution < -0.4 is 27.1 Å². The summed E-state index contributed by atoms with van der Waals surface area (Å²) in [6.07, 6.45) is -3.61. The Hall–Kier alpha value is -4.65. The highest BCUT2D eigenvalue weighted by Crippen LogP contribution is 2.36. The second-order valence-electron chi connectivity index (χ2n) is 8.62. The van der Waals surface area contributed by atoms with E-state index in [1.807, 2.05) is 0 Å². The molecule has 0 aliphatic heterocycles. The number of aromatic nitrogens is 1. The zero-order valence-electron chi connectivity index (χ0n) is 21.5. The Morgan fingerprint density at radius 1 is 1.07 bits per heavy atom. The van der Waals surface area contributed by atoms with Gasteiger partial charge in [-0.15, -0.1) is 0 Å². The Morgan fingerprint density at radius 2 is 1.73 bits per heavy atom. The molecular weight excluding hydrogens is 572 g/mol. The molecule has 14 heteroatoms. The topological polar surface area (TPSA) is 147 Å². The number of nitrogens with zero attached hydrogens (tertiary/aromatic N) is 1. The highest BCUT2D eigenvalue weighted by molar-refractivity contribution is 6.31. The van der Waals surface area contributed by atoms with E-state index in [0.29, 0.717) is 0 Å². The Kier molecular flexibility index (Phi) is 9.23. The minimum Gasteiger partial charge on any atom is -0.495 e. The van der Waals surface area contributed by atoms with Crippen molar-refractivity contribution >= 4 is 40.6 Å². The van der Waals surface area contributed by atoms with Gasteiger partial charge in [0.25, 0.3) is 17.2 Å². The van der Waals surface area contributed by atoms with E-state index in [4.69, 9.17) is 27.8 Å². The van der Waals surface area contributed by atoms with Crippen LogP contribution >= 0.6 is 11.6 Å². The number of amides is 2. The number of carbonyl (C=O) groups excluding carboxylic acids is 3. The SMILES string of the molecule is CCC(C(=O)Nc1ccc(C(N)=O)c(F)c1)n1cc(OC)c(-c2cc(Cl)ccc2C(N)=CC(=O)C(F)(F)F)cc1=O. The van der Waals surface area contributed by atoms with E-state index in [9.17, 15) is 36.7 Å². The van der Waals surface area contributed by atoms with Crippen molar-refractivity contribution in [3.63, 3.8) is 0 Å². The fraction of sp³-hybridized carbons (Fsp3) is 0.185. The van der Waals surface area contributed by atoms with Gasteiger partial charge in [-0.3, -0.25) is 23.7 Å². The fourth-order valence-corrected chi connectivity index (χ4v) is 4.14. The van der Waals surface area contributed by atoms with Crippen LogP contribution in [-0.2, 0) is 9.59 Å². The standard InChI is InChI=1S/C27H23ClF4N4O5/c1-3-21(26(40)35-14-5-7-16(25(34)39)19(29)9-14)36-12-22(41-2)18(10-24(36)38)17-8-13(28)4-6-15(17)20(33)11-23(37)27(30,31)32/h4-12,21H,3,33H2,1-2H3,(H2,34,39)(H,35,40). The second-order valence-corrected chi connectivity index (χ2v) is 9.06. The minimum absolute atomic E-state index is 0.00631. The van der Waals surface area contributed by atoms with Crippen LogP contribution in [0.25, 0.3) is 16.8 Å². The third kappa shape index (κ3) is 6.92. The lowest BCUT2D eigenvalue weighted by Gasteiger charge is -2.21. The van der Waals surface area contributed by atoms with Crippen molar-refractivity contribution < 1.29 is 36.7 Å². The Morgan fingerprint density at radius 3 is 2.29 bits per heavy atom. The normalized spacial score (nSPS) is 12.5. The number of hydrogen-bond donors (Lipinski definition) is 3. The molecule has 2 aromatic carbocycles. The summed E-state index contributed by atoms with van der Waals surface area (Å²) in [5, 5.41) is 2.62. The van der Waals surface area contributed by atoms with Gasteiger partial charge in [-0.2, -0.15) is 13.2 Å². The average Bonchev–Trinajstić information content (AvgIpc) is 2.88. The molecule has 2 amide bonds. The first-order valence-electron chi connectivity index (χ1n) is 11.8. The number of allylic oxidation sites excluding steroid dienone is 1. The summed E-state index contributed by atoms with van der Waals surface area (Å²) in [4.78, 5) is 49.0. The van der Waals surface area contributed by atoms with Crippen LogP contribution in [0.15, 0.2) is 59.5 Å². The molecule has 0 spiro atoms. The Labute approximate surface area is 235 Å². The summed E-state index contributed by atoms with van der Waals surface area (Å²) in [5.74, 6) is -4.80. The molecule has 41 heavy (non-hydrogen) atoms. The molecule has 1 aromatic heterocycles. The third-order valence-corrected chi connectivity index (χ3v) is 6.18. The maximum absolute atomic E-state index is 14.2. The molecule has 0 fully saturated rings. The maximum atomic E-state index is 14.2. The molecule has 5 N–H and O–H groups in total. The quantitative estimate of drug-likeness (QED) is 0.247. The van der Waals surface area contributed by atoms with Crippen molar-refractivity contribution in [1.29, 1.82) is 0 Å². The van der Waals surface area contributed by atoms with Crippen LogP contribution in [0.1, 0.15) is 35.3 Å². The summed E-state index contributed by atoms with van der Waals surface area (Å²) < 4.78 is 59.0. The van der Waals surface area contributed by atoms with Gasteiger partial charge in [0.15, 0.2) is 0 Å². The van der Waals surface area contributed by atoms with Crippen molar-refractivity contribution in [3.8, 4) is 16.9 Å². The number of ketones is 1. The van der Waals surface area contributed by atoms with Gasteiger partial charge in [0, 0.05) is 39.7 Å². The van der Waals surface area contributed by atoms with Gasteiger partial charge in [-0.1, -0.05) is 24.6 Å². The van der Waals surface area contributed by atoms with Crippen LogP contribution in [0.5, 0.6) is 5.75 Å². The average molecular weight is 595 g/mol. The predicted molar refractivity (Wildman–Crippen MR) is 144 cm³/mol. The minimum atomic E-state index is -5.15. The number of rotatable bonds is 9. The summed E-state index contributed by atoms with van der Waals surface area (Å²) in [7, 11) is 1.26. The van der Waals surface area contributed by atoms with Crippen LogP contribution in [0.3, 0.4) is 0 Å². The predicted octanol–water partition coefficient (Wildman–Crippen LogP) is 4.44. The van der Waals surface area contributed by atoms with Crippen LogP contribution in [0.2, 0.25) is 5.02 Å². The number of primary amides is 1. The lowest BCUT2D eigenvalue weighted by atomic mass is 9.97. The Balaban J connectivity index is 2.06. The number of hydrogen-bond acceptors (Lipinski definition) is 6. The molecule has 1 unspecified atom stereocenters. The zero-order chi connectivity index (χ0) is 30.6. The first-order chi connectivity index (χ1) is 19.2. The van der Waals surface area contributed by atoms with Crippen molar-refractivity contribution in [2.45, 2.75) is 25.6 Å². The second kappa shape index (κ2) is 12.3. The van der Waals surface area contributed by atoms with Gasteiger partial charge in [0.1, 0.15) is 17.6 Å². The molecule has 0 saturated heterocycles. The number of anilines is 1. The fourth-order valence-electron chi connectivity index (χ4n) is 3.96. The number of alkyl halides is 3. The van der Waals surface area contributed by atoms with E-state index in [2.05, 4.69) is 5.32 Å². The summed E-state index contributed by atoms with van der Waals surface area (Å²) in [5.41, 5.74) is 9.43. The molecule has 1 atom stereocenters. The third-order valence-electron chi connectivity index (χ3n) is 5.94. The first-order valence-corrected chi connectivity index (χ1v) is 12.1. The molecule has 3 aromatic rings. The number of methoxy groups -OCH3 is 1. The molecule has 0 saturated carbocycles. The van der Waals surface area contributed by atoms with Gasteiger partial charge in [-0.05, 0) is 42.3 Å². The zero-order valence-corrected chi connectivity index (χ0v) is 22.3. The largest absolute Gasteiger partial charge is 0.495 e. The van der Waals surface area contributed by atoms with Crippen LogP contribution in [0.4, 0.5) is 23.2 Å². The van der Waals surface area contributed by atoms with Crippen molar-refractivity contribution in [2.75, 3.05) is 12.4 Å². The number of benzene rings is 2. The van der Waals surface area contributed by atoms with E-state index < -0.39 is 46.9 Å². The monoisotopic (exact) mass is 594 g/mol. The summed E-state index contributed by atoms with van der Waals surface area (Å²) in [6.45, 7) is 1.62. The number of nitrogens with two attached hydrogens (primary N) is 2. The molecule has 9 nitrogen and oxygen atoms in total. The summed E-state index contributed by atoms with van der Waals surface area (Å²) >= 11 is 6.11. The lowest BCUT2D eigenvalue weighted by Crippen LogP contribution is -2.32. The molecule has 0 bridgehead atoms. The Bertz CT molecular complexity index is 1620. The first kappa shape index (κ1) is 30.9. The molecular formula is C27H23ClF4N4O5. The van der Waals surface area contributed by atoms with Crippen molar-refractivity contribution in [2.24, 2.45) is 11.5 Å². The van der Waals surface area contributed by atoms with E-state index >= 15 is 0 Å². The number of pyridine rings is 1. The van der Waals surface area contributed by atoms with Gasteiger partial charge in [-0.25, -0.2) is 4.39 Å².